The van der Waals surface area contributed by atoms with Crippen LogP contribution in [0.4, 0.5) is 13.2 Å². The molecule has 0 aromatic heterocycles. The van der Waals surface area contributed by atoms with Crippen LogP contribution in [0.25, 0.3) is 0 Å². The molecule has 0 spiro atoms. The number of amides is 1. The van der Waals surface area contributed by atoms with Crippen molar-refractivity contribution in [3.05, 3.63) is 35.4 Å². The molecule has 1 amide bonds. The van der Waals surface area contributed by atoms with Crippen LogP contribution in [0.5, 0.6) is 0 Å². The maximum Gasteiger partial charge on any atom is 0.416 e. The second kappa shape index (κ2) is 6.95. The Balaban J connectivity index is 1.87. The fourth-order valence-corrected chi connectivity index (χ4v) is 5.08. The van der Waals surface area contributed by atoms with Gasteiger partial charge in [0, 0.05) is 5.56 Å². The van der Waals surface area contributed by atoms with Crippen LogP contribution in [0.2, 0.25) is 0 Å². The Kier molecular flexibility index (Phi) is 5.48. The molecule has 0 bridgehead atoms. The SMILES string of the molecule is C[NH+](CC(=O)N[C@@]1(C)CCS(=O)(=O)C1)Cc1ccc(C(F)(F)F)cc1. The van der Waals surface area contributed by atoms with E-state index in [1.54, 1.807) is 14.0 Å². The van der Waals surface area contributed by atoms with E-state index in [1.165, 1.54) is 12.1 Å². The summed E-state index contributed by atoms with van der Waals surface area (Å²) < 4.78 is 60.7. The molecule has 1 aliphatic rings. The molecule has 25 heavy (non-hydrogen) atoms. The molecule has 1 heterocycles. The van der Waals surface area contributed by atoms with Crippen LogP contribution in [0.15, 0.2) is 24.3 Å². The number of hydrogen-bond acceptors (Lipinski definition) is 3. The quantitative estimate of drug-likeness (QED) is 0.779. The van der Waals surface area contributed by atoms with Crippen LogP contribution in [-0.4, -0.2) is 45.0 Å². The van der Waals surface area contributed by atoms with Crippen molar-refractivity contribution in [1.29, 1.82) is 0 Å². The third-order valence-electron chi connectivity index (χ3n) is 4.19. The number of nitrogens with one attached hydrogen (secondary N) is 2. The summed E-state index contributed by atoms with van der Waals surface area (Å²) in [7, 11) is -1.35. The van der Waals surface area contributed by atoms with Crippen molar-refractivity contribution in [2.45, 2.75) is 31.6 Å². The van der Waals surface area contributed by atoms with Gasteiger partial charge >= 0.3 is 6.18 Å². The number of rotatable bonds is 5. The zero-order valence-corrected chi connectivity index (χ0v) is 14.9. The van der Waals surface area contributed by atoms with Gasteiger partial charge < -0.3 is 10.2 Å². The Morgan fingerprint density at radius 3 is 2.36 bits per heavy atom. The monoisotopic (exact) mass is 379 g/mol. The molecular weight excluding hydrogens is 357 g/mol. The van der Waals surface area contributed by atoms with Gasteiger partial charge in [0.15, 0.2) is 16.4 Å². The van der Waals surface area contributed by atoms with Gasteiger partial charge in [0.1, 0.15) is 6.54 Å². The first-order valence-corrected chi connectivity index (χ1v) is 9.70. The zero-order chi connectivity index (χ0) is 18.9. The molecule has 2 rings (SSSR count). The summed E-state index contributed by atoms with van der Waals surface area (Å²) in [5.41, 5.74) is -0.764. The summed E-state index contributed by atoms with van der Waals surface area (Å²) in [6, 6.07) is 4.84. The Morgan fingerprint density at radius 1 is 1.28 bits per heavy atom. The highest BCUT2D eigenvalue weighted by atomic mass is 32.2. The first-order chi connectivity index (χ1) is 11.4. The standard InChI is InChI=1S/C16H21F3N2O3S/c1-15(7-8-25(23,24)11-15)20-14(22)10-21(2)9-12-3-5-13(6-4-12)16(17,18)19/h3-6H,7-11H2,1-2H3,(H,20,22)/p+1/t15-/m0/s1. The summed E-state index contributed by atoms with van der Waals surface area (Å²) in [4.78, 5) is 12.9. The normalized spacial score (nSPS) is 24.0. The van der Waals surface area contributed by atoms with Crippen molar-refractivity contribution in [3.63, 3.8) is 0 Å². The summed E-state index contributed by atoms with van der Waals surface area (Å²) in [5.74, 6) is -0.272. The van der Waals surface area contributed by atoms with E-state index in [1.807, 2.05) is 0 Å². The Morgan fingerprint density at radius 2 is 1.88 bits per heavy atom. The Labute approximate surface area is 145 Å². The maximum absolute atomic E-state index is 12.5. The molecule has 9 heteroatoms. The van der Waals surface area contributed by atoms with Crippen LogP contribution in [0, 0.1) is 0 Å². The van der Waals surface area contributed by atoms with E-state index in [0.717, 1.165) is 17.0 Å². The molecule has 1 aliphatic heterocycles. The van der Waals surface area contributed by atoms with E-state index in [0.29, 0.717) is 18.5 Å². The Bertz CT molecular complexity index is 732. The van der Waals surface area contributed by atoms with Crippen molar-refractivity contribution in [2.24, 2.45) is 0 Å². The second-order valence-corrected chi connectivity index (χ2v) is 9.14. The van der Waals surface area contributed by atoms with Crippen molar-refractivity contribution >= 4 is 15.7 Å². The molecule has 5 nitrogen and oxygen atoms in total. The summed E-state index contributed by atoms with van der Waals surface area (Å²) in [5, 5.41) is 2.77. The van der Waals surface area contributed by atoms with Gasteiger partial charge in [-0.05, 0) is 25.5 Å². The molecule has 140 valence electrons. The topological polar surface area (TPSA) is 67.7 Å². The van der Waals surface area contributed by atoms with Crippen LogP contribution >= 0.6 is 0 Å². The maximum atomic E-state index is 12.5. The van der Waals surface area contributed by atoms with E-state index in [2.05, 4.69) is 5.32 Å². The van der Waals surface area contributed by atoms with Gasteiger partial charge in [-0.1, -0.05) is 12.1 Å². The highest BCUT2D eigenvalue weighted by molar-refractivity contribution is 7.91. The number of sulfone groups is 1. The molecule has 2 atom stereocenters. The number of carbonyl (C=O) groups excluding carboxylic acids is 1. The van der Waals surface area contributed by atoms with E-state index in [9.17, 15) is 26.4 Å². The van der Waals surface area contributed by atoms with E-state index < -0.39 is 27.1 Å². The summed E-state index contributed by atoms with van der Waals surface area (Å²) in [6.45, 7) is 2.21. The van der Waals surface area contributed by atoms with Gasteiger partial charge in [0.25, 0.3) is 5.91 Å². The predicted molar refractivity (Wildman–Crippen MR) is 86.7 cm³/mol. The van der Waals surface area contributed by atoms with Crippen molar-refractivity contribution in [2.75, 3.05) is 25.1 Å². The number of likely N-dealkylation sites (N-methyl/N-ethyl adjacent to an activating group) is 1. The van der Waals surface area contributed by atoms with E-state index in [4.69, 9.17) is 0 Å². The average molecular weight is 379 g/mol. The number of hydrogen-bond donors (Lipinski definition) is 2. The lowest BCUT2D eigenvalue weighted by atomic mass is 10.0. The van der Waals surface area contributed by atoms with Gasteiger partial charge in [0.2, 0.25) is 0 Å². The highest BCUT2D eigenvalue weighted by Crippen LogP contribution is 2.29. The highest BCUT2D eigenvalue weighted by Gasteiger charge is 2.39. The lowest BCUT2D eigenvalue weighted by molar-refractivity contribution is -0.885. The van der Waals surface area contributed by atoms with Crippen molar-refractivity contribution < 1.29 is 31.3 Å². The average Bonchev–Trinajstić information content (AvgIpc) is 2.71. The van der Waals surface area contributed by atoms with E-state index >= 15 is 0 Å². The zero-order valence-electron chi connectivity index (χ0n) is 14.1. The minimum atomic E-state index is -4.37. The number of quaternary nitrogens is 1. The van der Waals surface area contributed by atoms with Gasteiger partial charge in [-0.25, -0.2) is 8.42 Å². The number of carbonyl (C=O) groups is 1. The molecule has 1 aromatic rings. The third-order valence-corrected chi connectivity index (χ3v) is 6.10. The van der Waals surface area contributed by atoms with Gasteiger partial charge in [-0.3, -0.25) is 4.79 Å². The third kappa shape index (κ3) is 5.71. The number of alkyl halides is 3. The number of benzene rings is 1. The van der Waals surface area contributed by atoms with Gasteiger partial charge in [-0.15, -0.1) is 0 Å². The van der Waals surface area contributed by atoms with Gasteiger partial charge in [-0.2, -0.15) is 13.2 Å². The molecule has 1 fully saturated rings. The summed E-state index contributed by atoms with van der Waals surface area (Å²) >= 11 is 0. The molecule has 1 aromatic carbocycles. The molecule has 2 N–H and O–H groups in total. The Hall–Kier alpha value is -1.61. The lowest BCUT2D eigenvalue weighted by Gasteiger charge is -2.24. The smallest absolute Gasteiger partial charge is 0.345 e. The van der Waals surface area contributed by atoms with Crippen LogP contribution in [0.1, 0.15) is 24.5 Å². The summed E-state index contributed by atoms with van der Waals surface area (Å²) in [6.07, 6.45) is -3.98. The minimum absolute atomic E-state index is 0.0658. The molecule has 1 saturated heterocycles. The molecular formula is C16H22F3N2O3S+. The fraction of sp³-hybridized carbons (Fsp3) is 0.562. The molecule has 1 unspecified atom stereocenters. The minimum Gasteiger partial charge on any atom is -0.345 e. The van der Waals surface area contributed by atoms with Gasteiger partial charge in [0.05, 0.1) is 29.7 Å². The van der Waals surface area contributed by atoms with Crippen LogP contribution in [0.3, 0.4) is 0 Å². The molecule has 0 aliphatic carbocycles. The van der Waals surface area contributed by atoms with Crippen LogP contribution < -0.4 is 10.2 Å². The molecule has 0 radical (unpaired) electrons. The van der Waals surface area contributed by atoms with Crippen LogP contribution in [-0.2, 0) is 27.4 Å². The van der Waals surface area contributed by atoms with Crippen molar-refractivity contribution in [1.82, 2.24) is 5.32 Å². The number of halogens is 3. The fourth-order valence-electron chi connectivity index (χ4n) is 2.99. The second-order valence-electron chi connectivity index (χ2n) is 6.96. The van der Waals surface area contributed by atoms with E-state index in [-0.39, 0.29) is 24.0 Å². The molecule has 0 saturated carbocycles. The predicted octanol–water partition coefficient (Wildman–Crippen LogP) is 0.414. The lowest BCUT2D eigenvalue weighted by Crippen LogP contribution is -3.09. The first kappa shape index (κ1) is 19.7. The first-order valence-electron chi connectivity index (χ1n) is 7.87. The largest absolute Gasteiger partial charge is 0.416 e. The van der Waals surface area contributed by atoms with Crippen molar-refractivity contribution in [3.8, 4) is 0 Å².